The second kappa shape index (κ2) is 6.87. The van der Waals surface area contributed by atoms with E-state index in [1.807, 2.05) is 43.3 Å². The summed E-state index contributed by atoms with van der Waals surface area (Å²) in [6, 6.07) is 11.3. The van der Waals surface area contributed by atoms with Crippen molar-refractivity contribution in [1.82, 2.24) is 5.43 Å². The van der Waals surface area contributed by atoms with Crippen LogP contribution in [-0.2, 0) is 0 Å². The van der Waals surface area contributed by atoms with Crippen LogP contribution in [0, 0.1) is 0 Å². The van der Waals surface area contributed by atoms with Gasteiger partial charge in [0.15, 0.2) is 0 Å². The number of thiophene rings is 1. The van der Waals surface area contributed by atoms with Crippen LogP contribution in [0.4, 0.5) is 0 Å². The van der Waals surface area contributed by atoms with Gasteiger partial charge < -0.3 is 0 Å². The molecular formula is C16H17ClN2OS. The fraction of sp³-hybridized carbons (Fsp3) is 0.250. The molecule has 3 nitrogen and oxygen atoms in total. The van der Waals surface area contributed by atoms with E-state index in [-0.39, 0.29) is 5.91 Å². The van der Waals surface area contributed by atoms with Gasteiger partial charge in [-0.25, -0.2) is 5.43 Å². The van der Waals surface area contributed by atoms with Crippen LogP contribution < -0.4 is 5.43 Å². The van der Waals surface area contributed by atoms with E-state index in [1.54, 1.807) is 0 Å². The van der Waals surface area contributed by atoms with Crippen molar-refractivity contribution in [3.63, 3.8) is 0 Å². The van der Waals surface area contributed by atoms with Crippen molar-refractivity contribution in [3.8, 4) is 0 Å². The number of amides is 1. The van der Waals surface area contributed by atoms with E-state index in [9.17, 15) is 4.79 Å². The van der Waals surface area contributed by atoms with E-state index in [0.717, 1.165) is 10.6 Å². The van der Waals surface area contributed by atoms with Crippen LogP contribution in [0.1, 0.15) is 47.5 Å². The number of hydrogen-bond donors (Lipinski definition) is 1. The second-order valence-corrected chi connectivity index (χ2v) is 6.73. The first-order valence-corrected chi connectivity index (χ1v) is 7.87. The Morgan fingerprint density at radius 3 is 2.38 bits per heavy atom. The first-order valence-electron chi connectivity index (χ1n) is 6.67. The molecule has 0 aliphatic rings. The second-order valence-electron chi connectivity index (χ2n) is 5.02. The predicted octanol–water partition coefficient (Wildman–Crippen LogP) is 4.68. The lowest BCUT2D eigenvalue weighted by Crippen LogP contribution is -2.19. The number of carbonyl (C=O) groups excluding carboxylic acids is 1. The van der Waals surface area contributed by atoms with Crippen molar-refractivity contribution in [2.75, 3.05) is 0 Å². The molecule has 0 aliphatic heterocycles. The molecule has 2 rings (SSSR count). The molecule has 0 atom stereocenters. The van der Waals surface area contributed by atoms with Gasteiger partial charge in [0.1, 0.15) is 0 Å². The summed E-state index contributed by atoms with van der Waals surface area (Å²) >= 11 is 7.31. The summed E-state index contributed by atoms with van der Waals surface area (Å²) < 4.78 is 0.704. The number of rotatable bonds is 4. The van der Waals surface area contributed by atoms with Crippen molar-refractivity contribution < 1.29 is 4.79 Å². The lowest BCUT2D eigenvalue weighted by molar-refractivity contribution is 0.0955. The lowest BCUT2D eigenvalue weighted by Gasteiger charge is -2.06. The maximum atomic E-state index is 12.0. The van der Waals surface area contributed by atoms with Crippen LogP contribution >= 0.6 is 22.9 Å². The minimum atomic E-state index is -0.215. The van der Waals surface area contributed by atoms with Gasteiger partial charge in [0.25, 0.3) is 5.91 Å². The van der Waals surface area contributed by atoms with Gasteiger partial charge in [0.2, 0.25) is 0 Å². The quantitative estimate of drug-likeness (QED) is 0.645. The summed E-state index contributed by atoms with van der Waals surface area (Å²) in [5, 5.41) is 4.11. The maximum absolute atomic E-state index is 12.0. The van der Waals surface area contributed by atoms with Crippen molar-refractivity contribution in [2.24, 2.45) is 5.10 Å². The highest BCUT2D eigenvalue weighted by Gasteiger charge is 2.07. The van der Waals surface area contributed by atoms with Crippen LogP contribution in [0.15, 0.2) is 41.5 Å². The van der Waals surface area contributed by atoms with Gasteiger partial charge in [0.05, 0.1) is 14.9 Å². The van der Waals surface area contributed by atoms with Crippen molar-refractivity contribution in [1.29, 1.82) is 0 Å². The highest BCUT2D eigenvalue weighted by Crippen LogP contribution is 2.21. The summed E-state index contributed by atoms with van der Waals surface area (Å²) in [5.41, 5.74) is 5.11. The molecule has 5 heteroatoms. The largest absolute Gasteiger partial charge is 0.271 e. The molecule has 0 saturated carbocycles. The molecule has 0 bridgehead atoms. The molecule has 1 aromatic carbocycles. The van der Waals surface area contributed by atoms with E-state index < -0.39 is 0 Å². The summed E-state index contributed by atoms with van der Waals surface area (Å²) in [4.78, 5) is 13.0. The molecule has 2 aromatic rings. The van der Waals surface area contributed by atoms with E-state index in [0.29, 0.717) is 15.8 Å². The molecule has 0 fully saturated rings. The van der Waals surface area contributed by atoms with Crippen LogP contribution in [0.3, 0.4) is 0 Å². The van der Waals surface area contributed by atoms with E-state index in [2.05, 4.69) is 24.4 Å². The van der Waals surface area contributed by atoms with Crippen molar-refractivity contribution >= 4 is 34.6 Å². The Labute approximate surface area is 133 Å². The molecule has 1 amide bonds. The van der Waals surface area contributed by atoms with Gasteiger partial charge in [-0.2, -0.15) is 5.10 Å². The average molecular weight is 321 g/mol. The topological polar surface area (TPSA) is 41.5 Å². The van der Waals surface area contributed by atoms with Gasteiger partial charge in [-0.3, -0.25) is 4.79 Å². The molecule has 1 aromatic heterocycles. The normalized spacial score (nSPS) is 11.8. The Morgan fingerprint density at radius 2 is 1.86 bits per heavy atom. The highest BCUT2D eigenvalue weighted by molar-refractivity contribution is 7.18. The van der Waals surface area contributed by atoms with Gasteiger partial charge in [0, 0.05) is 5.56 Å². The smallest absolute Gasteiger partial charge is 0.267 e. The zero-order valence-corrected chi connectivity index (χ0v) is 13.8. The number of hydrazone groups is 1. The zero-order chi connectivity index (χ0) is 15.4. The minimum Gasteiger partial charge on any atom is -0.267 e. The molecular weight excluding hydrogens is 304 g/mol. The van der Waals surface area contributed by atoms with Gasteiger partial charge >= 0.3 is 0 Å². The van der Waals surface area contributed by atoms with E-state index in [4.69, 9.17) is 11.6 Å². The summed E-state index contributed by atoms with van der Waals surface area (Å²) in [5.74, 6) is 0.235. The van der Waals surface area contributed by atoms with Gasteiger partial charge in [-0.15, -0.1) is 11.3 Å². The Kier molecular flexibility index (Phi) is 5.15. The summed E-state index contributed by atoms with van der Waals surface area (Å²) in [6.45, 7) is 6.08. The number of nitrogens with zero attached hydrogens (tertiary/aromatic N) is 1. The van der Waals surface area contributed by atoms with Crippen LogP contribution in [0.5, 0.6) is 0 Å². The standard InChI is InChI=1S/C16H17ClN2OS/c1-10(2)12-4-6-13(7-5-12)16(20)19-18-11(3)14-8-9-15(17)21-14/h4-10H,1-3H3,(H,19,20). The van der Waals surface area contributed by atoms with Crippen LogP contribution in [0.2, 0.25) is 4.34 Å². The molecule has 0 aliphatic carbocycles. The number of carbonyl (C=O) groups is 1. The Bertz CT molecular complexity index is 659. The summed E-state index contributed by atoms with van der Waals surface area (Å²) in [6.07, 6.45) is 0. The van der Waals surface area contributed by atoms with Gasteiger partial charge in [-0.05, 0) is 42.7 Å². The number of hydrogen-bond acceptors (Lipinski definition) is 3. The van der Waals surface area contributed by atoms with Crippen LogP contribution in [0.25, 0.3) is 0 Å². The van der Waals surface area contributed by atoms with Gasteiger partial charge in [-0.1, -0.05) is 37.6 Å². The van der Waals surface area contributed by atoms with E-state index in [1.165, 1.54) is 16.9 Å². The Balaban J connectivity index is 2.04. The Morgan fingerprint density at radius 1 is 1.19 bits per heavy atom. The predicted molar refractivity (Wildman–Crippen MR) is 89.5 cm³/mol. The molecule has 0 unspecified atom stereocenters. The monoisotopic (exact) mass is 320 g/mol. The third-order valence-electron chi connectivity index (χ3n) is 3.09. The molecule has 110 valence electrons. The van der Waals surface area contributed by atoms with Crippen molar-refractivity contribution in [3.05, 3.63) is 56.7 Å². The SMILES string of the molecule is CC(=NNC(=O)c1ccc(C(C)C)cc1)c1ccc(Cl)s1. The number of nitrogens with one attached hydrogen (secondary N) is 1. The molecule has 0 saturated heterocycles. The highest BCUT2D eigenvalue weighted by atomic mass is 35.5. The molecule has 1 heterocycles. The fourth-order valence-electron chi connectivity index (χ4n) is 1.78. The van der Waals surface area contributed by atoms with Crippen molar-refractivity contribution in [2.45, 2.75) is 26.7 Å². The third kappa shape index (κ3) is 4.16. The molecule has 1 N–H and O–H groups in total. The third-order valence-corrected chi connectivity index (χ3v) is 4.43. The molecule has 21 heavy (non-hydrogen) atoms. The zero-order valence-electron chi connectivity index (χ0n) is 12.2. The lowest BCUT2D eigenvalue weighted by atomic mass is 10.0. The first-order chi connectivity index (χ1) is 9.97. The molecule has 0 spiro atoms. The first kappa shape index (κ1) is 15.7. The maximum Gasteiger partial charge on any atom is 0.271 e. The van der Waals surface area contributed by atoms with E-state index >= 15 is 0 Å². The average Bonchev–Trinajstić information content (AvgIpc) is 2.91. The minimum absolute atomic E-state index is 0.215. The number of benzene rings is 1. The fourth-order valence-corrected chi connectivity index (χ4v) is 2.77. The Hall–Kier alpha value is -1.65. The molecule has 0 radical (unpaired) electrons. The van der Waals surface area contributed by atoms with Crippen LogP contribution in [-0.4, -0.2) is 11.6 Å². The summed E-state index contributed by atoms with van der Waals surface area (Å²) in [7, 11) is 0. The number of halogens is 1.